The molecule has 0 fully saturated rings. The fraction of sp³-hybridized carbons (Fsp3) is 0.200. The molecule has 0 saturated carbocycles. The van der Waals surface area contributed by atoms with Crippen LogP contribution >= 0.6 is 27.5 Å². The van der Waals surface area contributed by atoms with Crippen molar-refractivity contribution in [2.75, 3.05) is 7.05 Å². The van der Waals surface area contributed by atoms with E-state index in [1.165, 1.54) is 4.31 Å². The zero-order chi connectivity index (χ0) is 15.6. The number of nitrogens with zero attached hydrogens (tertiary/aromatic N) is 1. The van der Waals surface area contributed by atoms with E-state index < -0.39 is 10.0 Å². The Balaban J connectivity index is 2.39. The molecule has 0 N–H and O–H groups in total. The van der Waals surface area contributed by atoms with E-state index in [2.05, 4.69) is 15.9 Å². The molecule has 0 aliphatic carbocycles. The van der Waals surface area contributed by atoms with Gasteiger partial charge >= 0.3 is 0 Å². The highest BCUT2D eigenvalue weighted by Gasteiger charge is 2.27. The van der Waals surface area contributed by atoms with Crippen LogP contribution in [0.1, 0.15) is 18.5 Å². The minimum Gasteiger partial charge on any atom is -0.207 e. The molecule has 2 aromatic rings. The van der Waals surface area contributed by atoms with Gasteiger partial charge in [-0.25, -0.2) is 8.42 Å². The first-order valence-corrected chi connectivity index (χ1v) is 8.93. The lowest BCUT2D eigenvalue weighted by Crippen LogP contribution is -2.30. The largest absolute Gasteiger partial charge is 0.243 e. The first-order valence-electron chi connectivity index (χ1n) is 6.32. The Hall–Kier alpha value is -0.880. The Kier molecular flexibility index (Phi) is 5.09. The molecule has 3 nitrogen and oxygen atoms in total. The molecule has 1 atom stereocenters. The van der Waals surface area contributed by atoms with Gasteiger partial charge in [0.05, 0.1) is 4.90 Å². The summed E-state index contributed by atoms with van der Waals surface area (Å²) in [7, 11) is -2.02. The van der Waals surface area contributed by atoms with Crippen molar-refractivity contribution >= 4 is 37.6 Å². The molecule has 2 rings (SSSR count). The van der Waals surface area contributed by atoms with E-state index in [0.717, 1.165) is 10.0 Å². The lowest BCUT2D eigenvalue weighted by molar-refractivity contribution is 0.398. The Bertz CT molecular complexity index is 749. The molecule has 112 valence electrons. The van der Waals surface area contributed by atoms with Crippen molar-refractivity contribution in [3.8, 4) is 0 Å². The Morgan fingerprint density at radius 2 is 1.81 bits per heavy atom. The Morgan fingerprint density at radius 3 is 2.43 bits per heavy atom. The third-order valence-electron chi connectivity index (χ3n) is 3.37. The van der Waals surface area contributed by atoms with E-state index in [-0.39, 0.29) is 10.9 Å². The molecule has 2 aromatic carbocycles. The lowest BCUT2D eigenvalue weighted by Gasteiger charge is -2.25. The van der Waals surface area contributed by atoms with Gasteiger partial charge < -0.3 is 0 Å². The maximum Gasteiger partial charge on any atom is 0.243 e. The van der Waals surface area contributed by atoms with Crippen molar-refractivity contribution in [1.82, 2.24) is 4.31 Å². The molecule has 0 aromatic heterocycles. The molecule has 0 aliphatic heterocycles. The summed E-state index contributed by atoms with van der Waals surface area (Å²) < 4.78 is 27.4. The second kappa shape index (κ2) is 6.48. The number of hydrogen-bond acceptors (Lipinski definition) is 2. The van der Waals surface area contributed by atoms with E-state index in [0.29, 0.717) is 5.02 Å². The summed E-state index contributed by atoms with van der Waals surface area (Å²) in [5, 5.41) is 0.557. The van der Waals surface area contributed by atoms with Crippen molar-refractivity contribution in [2.24, 2.45) is 0 Å². The molecule has 0 aliphatic rings. The molecule has 0 saturated heterocycles. The predicted molar refractivity (Wildman–Crippen MR) is 89.0 cm³/mol. The highest BCUT2D eigenvalue weighted by Crippen LogP contribution is 2.30. The fourth-order valence-electron chi connectivity index (χ4n) is 2.01. The van der Waals surface area contributed by atoms with Gasteiger partial charge in [-0.2, -0.15) is 4.31 Å². The van der Waals surface area contributed by atoms with Crippen LogP contribution in [0, 0.1) is 0 Å². The van der Waals surface area contributed by atoms with Crippen LogP contribution in [0.3, 0.4) is 0 Å². The van der Waals surface area contributed by atoms with E-state index >= 15 is 0 Å². The number of benzene rings is 2. The van der Waals surface area contributed by atoms with Crippen LogP contribution in [0.4, 0.5) is 0 Å². The molecule has 0 spiro atoms. The average molecular weight is 389 g/mol. The molecular formula is C15H15BrClNO2S. The van der Waals surface area contributed by atoms with Gasteiger partial charge in [0, 0.05) is 22.6 Å². The van der Waals surface area contributed by atoms with Crippen LogP contribution < -0.4 is 0 Å². The monoisotopic (exact) mass is 387 g/mol. The quantitative estimate of drug-likeness (QED) is 0.774. The Labute approximate surface area is 138 Å². The lowest BCUT2D eigenvalue weighted by atomic mass is 10.1. The topological polar surface area (TPSA) is 37.4 Å². The first kappa shape index (κ1) is 16.5. The van der Waals surface area contributed by atoms with Gasteiger partial charge in [-0.1, -0.05) is 51.8 Å². The van der Waals surface area contributed by atoms with Gasteiger partial charge in [0.2, 0.25) is 10.0 Å². The molecule has 21 heavy (non-hydrogen) atoms. The number of hydrogen-bond donors (Lipinski definition) is 0. The summed E-state index contributed by atoms with van der Waals surface area (Å²) >= 11 is 9.45. The van der Waals surface area contributed by atoms with Gasteiger partial charge in [0.25, 0.3) is 0 Å². The molecular weight excluding hydrogens is 374 g/mol. The van der Waals surface area contributed by atoms with E-state index in [4.69, 9.17) is 11.6 Å². The van der Waals surface area contributed by atoms with Gasteiger partial charge in [-0.15, -0.1) is 0 Å². The van der Waals surface area contributed by atoms with Crippen molar-refractivity contribution in [2.45, 2.75) is 17.9 Å². The maximum atomic E-state index is 12.7. The number of rotatable bonds is 4. The SMILES string of the molecule is CC(c1ccccc1Cl)N(C)S(=O)(=O)c1cccc(Br)c1. The van der Waals surface area contributed by atoms with Gasteiger partial charge in [-0.05, 0) is 36.8 Å². The minimum absolute atomic E-state index is 0.248. The van der Waals surface area contributed by atoms with Crippen LogP contribution in [0.25, 0.3) is 0 Å². The summed E-state index contributed by atoms with van der Waals surface area (Å²) in [5.41, 5.74) is 0.778. The average Bonchev–Trinajstić information content (AvgIpc) is 2.46. The molecule has 0 radical (unpaired) electrons. The summed E-state index contributed by atoms with van der Waals surface area (Å²) in [6.07, 6.45) is 0. The molecule has 0 bridgehead atoms. The predicted octanol–water partition coefficient (Wildman–Crippen LogP) is 4.48. The van der Waals surface area contributed by atoms with Gasteiger partial charge in [-0.3, -0.25) is 0 Å². The second-order valence-corrected chi connectivity index (χ2v) is 8.00. The van der Waals surface area contributed by atoms with E-state index in [1.54, 1.807) is 37.4 Å². The molecule has 1 unspecified atom stereocenters. The van der Waals surface area contributed by atoms with Crippen molar-refractivity contribution in [1.29, 1.82) is 0 Å². The van der Waals surface area contributed by atoms with Crippen LogP contribution in [0.2, 0.25) is 5.02 Å². The van der Waals surface area contributed by atoms with Crippen molar-refractivity contribution < 1.29 is 8.42 Å². The second-order valence-electron chi connectivity index (χ2n) is 4.68. The highest BCUT2D eigenvalue weighted by atomic mass is 79.9. The number of halogens is 2. The summed E-state index contributed by atoms with van der Waals surface area (Å²) in [6, 6.07) is 13.6. The minimum atomic E-state index is -3.58. The molecule has 0 heterocycles. The molecule has 6 heteroatoms. The third kappa shape index (κ3) is 3.48. The van der Waals surface area contributed by atoms with E-state index in [9.17, 15) is 8.42 Å². The zero-order valence-electron chi connectivity index (χ0n) is 11.6. The van der Waals surface area contributed by atoms with Crippen LogP contribution in [0.15, 0.2) is 57.9 Å². The summed E-state index contributed by atoms with van der Waals surface area (Å²) in [4.78, 5) is 0.248. The van der Waals surface area contributed by atoms with Crippen molar-refractivity contribution in [3.63, 3.8) is 0 Å². The third-order valence-corrected chi connectivity index (χ3v) is 6.14. The summed E-state index contributed by atoms with van der Waals surface area (Å²) in [5.74, 6) is 0. The standard InChI is InChI=1S/C15H15BrClNO2S/c1-11(14-8-3-4-9-15(14)17)18(2)21(19,20)13-7-5-6-12(16)10-13/h3-11H,1-2H3. The number of sulfonamides is 1. The fourth-order valence-corrected chi connectivity index (χ4v) is 4.24. The molecule has 0 amide bonds. The van der Waals surface area contributed by atoms with Gasteiger partial charge in [0.15, 0.2) is 0 Å². The van der Waals surface area contributed by atoms with Crippen LogP contribution in [-0.4, -0.2) is 19.8 Å². The first-order chi connectivity index (χ1) is 9.84. The van der Waals surface area contributed by atoms with Crippen LogP contribution in [0.5, 0.6) is 0 Å². The van der Waals surface area contributed by atoms with Gasteiger partial charge in [0.1, 0.15) is 0 Å². The summed E-state index contributed by atoms with van der Waals surface area (Å²) in [6.45, 7) is 1.82. The highest BCUT2D eigenvalue weighted by molar-refractivity contribution is 9.10. The van der Waals surface area contributed by atoms with Crippen molar-refractivity contribution in [3.05, 3.63) is 63.6 Å². The van der Waals surface area contributed by atoms with Crippen LogP contribution in [-0.2, 0) is 10.0 Å². The smallest absolute Gasteiger partial charge is 0.207 e. The Morgan fingerprint density at radius 1 is 1.14 bits per heavy atom. The van der Waals surface area contributed by atoms with E-state index in [1.807, 2.05) is 25.1 Å². The normalized spacial score (nSPS) is 13.4. The maximum absolute atomic E-state index is 12.7. The zero-order valence-corrected chi connectivity index (χ0v) is 14.8.